The first kappa shape index (κ1) is 17.4. The Bertz CT molecular complexity index is 1620. The highest BCUT2D eigenvalue weighted by atomic mass is 16.4. The summed E-state index contributed by atoms with van der Waals surface area (Å²) < 4.78 is 12.6. The summed E-state index contributed by atoms with van der Waals surface area (Å²) in [6.07, 6.45) is 0. The van der Waals surface area contributed by atoms with Gasteiger partial charge < -0.3 is 8.83 Å². The van der Waals surface area contributed by atoms with E-state index in [0.717, 1.165) is 43.9 Å². The molecule has 2 heteroatoms. The van der Waals surface area contributed by atoms with Gasteiger partial charge >= 0.3 is 0 Å². The van der Waals surface area contributed by atoms with E-state index < -0.39 is 0 Å². The van der Waals surface area contributed by atoms with Crippen molar-refractivity contribution in [2.75, 3.05) is 0 Å². The first-order chi connectivity index (χ1) is 15.8. The van der Waals surface area contributed by atoms with E-state index in [1.807, 2.05) is 12.1 Å². The average Bonchev–Trinajstić information content (AvgIpc) is 3.42. The van der Waals surface area contributed by atoms with E-state index in [0.29, 0.717) is 0 Å². The van der Waals surface area contributed by atoms with Crippen molar-refractivity contribution in [3.05, 3.63) is 109 Å². The van der Waals surface area contributed by atoms with E-state index in [2.05, 4.69) is 97.1 Å². The van der Waals surface area contributed by atoms with Crippen molar-refractivity contribution in [1.82, 2.24) is 0 Å². The van der Waals surface area contributed by atoms with Crippen LogP contribution in [0.3, 0.4) is 0 Å². The summed E-state index contributed by atoms with van der Waals surface area (Å²) in [7, 11) is 0. The second kappa shape index (κ2) is 6.60. The molecular formula is C30H18O2. The van der Waals surface area contributed by atoms with Crippen LogP contribution in [0.1, 0.15) is 0 Å². The summed E-state index contributed by atoms with van der Waals surface area (Å²) in [5.41, 5.74) is 8.11. The SMILES string of the molecule is c1ccc(-c2ccc3oc4c(ccc5c6cc(-c7ccccc7)ccc6oc54)c3c2)cc1. The fourth-order valence-corrected chi connectivity index (χ4v) is 4.69. The van der Waals surface area contributed by atoms with Gasteiger partial charge in [-0.15, -0.1) is 0 Å². The minimum atomic E-state index is 0.806. The number of benzene rings is 5. The van der Waals surface area contributed by atoms with Crippen LogP contribution >= 0.6 is 0 Å². The molecule has 2 aromatic heterocycles. The lowest BCUT2D eigenvalue weighted by molar-refractivity contribution is 0.633. The maximum atomic E-state index is 6.31. The van der Waals surface area contributed by atoms with Crippen molar-refractivity contribution in [3.63, 3.8) is 0 Å². The molecule has 0 N–H and O–H groups in total. The van der Waals surface area contributed by atoms with Gasteiger partial charge in [0.25, 0.3) is 0 Å². The molecule has 0 unspecified atom stereocenters. The van der Waals surface area contributed by atoms with Crippen LogP contribution in [0.15, 0.2) is 118 Å². The van der Waals surface area contributed by atoms with Gasteiger partial charge in [-0.1, -0.05) is 72.8 Å². The lowest BCUT2D eigenvalue weighted by Gasteiger charge is -2.01. The van der Waals surface area contributed by atoms with E-state index >= 15 is 0 Å². The Balaban J connectivity index is 1.47. The molecule has 150 valence electrons. The molecule has 0 amide bonds. The second-order valence-corrected chi connectivity index (χ2v) is 8.18. The number of fused-ring (bicyclic) bond motifs is 7. The molecule has 0 radical (unpaired) electrons. The van der Waals surface area contributed by atoms with Crippen molar-refractivity contribution in [1.29, 1.82) is 0 Å². The Hall–Kier alpha value is -4.30. The van der Waals surface area contributed by atoms with Gasteiger partial charge in [0.1, 0.15) is 11.2 Å². The fraction of sp³-hybridized carbons (Fsp3) is 0. The summed E-state index contributed by atoms with van der Waals surface area (Å²) in [6.45, 7) is 0. The van der Waals surface area contributed by atoms with Crippen molar-refractivity contribution in [3.8, 4) is 22.3 Å². The van der Waals surface area contributed by atoms with E-state index in [4.69, 9.17) is 8.83 Å². The van der Waals surface area contributed by atoms with Crippen LogP contribution in [0.2, 0.25) is 0 Å². The Labute approximate surface area is 184 Å². The normalized spacial score (nSPS) is 11.8. The standard InChI is InChI=1S/C30H18O2/c1-3-7-19(8-4-1)21-11-15-27-25(17-21)23-13-14-24-26-18-22(20-9-5-2-6-10-20)12-16-28(26)32-30(24)29(23)31-27/h1-18H. The Morgan fingerprint density at radius 2 is 0.781 bits per heavy atom. The molecule has 0 bridgehead atoms. The van der Waals surface area contributed by atoms with Gasteiger partial charge in [0, 0.05) is 21.5 Å². The molecule has 7 aromatic rings. The molecule has 7 rings (SSSR count). The van der Waals surface area contributed by atoms with Crippen molar-refractivity contribution in [2.24, 2.45) is 0 Å². The fourth-order valence-electron chi connectivity index (χ4n) is 4.69. The third-order valence-corrected chi connectivity index (χ3v) is 6.29. The predicted molar refractivity (Wildman–Crippen MR) is 132 cm³/mol. The molecule has 0 saturated carbocycles. The van der Waals surface area contributed by atoms with Crippen LogP contribution < -0.4 is 0 Å². The van der Waals surface area contributed by atoms with Gasteiger partial charge in [-0.3, -0.25) is 0 Å². The summed E-state index contributed by atoms with van der Waals surface area (Å²) in [4.78, 5) is 0. The monoisotopic (exact) mass is 410 g/mol. The number of rotatable bonds is 2. The topological polar surface area (TPSA) is 26.3 Å². The van der Waals surface area contributed by atoms with Crippen LogP contribution in [-0.2, 0) is 0 Å². The molecule has 5 aromatic carbocycles. The van der Waals surface area contributed by atoms with E-state index in [9.17, 15) is 0 Å². The molecule has 0 atom stereocenters. The van der Waals surface area contributed by atoms with Crippen LogP contribution in [0, 0.1) is 0 Å². The van der Waals surface area contributed by atoms with Crippen LogP contribution in [0.5, 0.6) is 0 Å². The van der Waals surface area contributed by atoms with E-state index in [-0.39, 0.29) is 0 Å². The first-order valence-electron chi connectivity index (χ1n) is 10.8. The van der Waals surface area contributed by atoms with Gasteiger partial charge in [-0.2, -0.15) is 0 Å². The van der Waals surface area contributed by atoms with E-state index in [1.165, 1.54) is 22.3 Å². The molecule has 2 heterocycles. The Morgan fingerprint density at radius 1 is 0.344 bits per heavy atom. The molecular weight excluding hydrogens is 392 g/mol. The number of hydrogen-bond donors (Lipinski definition) is 0. The highest BCUT2D eigenvalue weighted by Crippen LogP contribution is 2.40. The number of hydrogen-bond acceptors (Lipinski definition) is 2. The zero-order valence-electron chi connectivity index (χ0n) is 17.2. The first-order valence-corrected chi connectivity index (χ1v) is 10.8. The van der Waals surface area contributed by atoms with Crippen molar-refractivity contribution in [2.45, 2.75) is 0 Å². The van der Waals surface area contributed by atoms with Crippen molar-refractivity contribution >= 4 is 43.9 Å². The molecule has 32 heavy (non-hydrogen) atoms. The summed E-state index contributed by atoms with van der Waals surface area (Å²) in [6, 6.07) is 37.9. The highest BCUT2D eigenvalue weighted by molar-refractivity contribution is 6.19. The van der Waals surface area contributed by atoms with Crippen LogP contribution in [0.25, 0.3) is 66.1 Å². The Morgan fingerprint density at radius 3 is 1.22 bits per heavy atom. The van der Waals surface area contributed by atoms with Crippen LogP contribution in [0.4, 0.5) is 0 Å². The third-order valence-electron chi connectivity index (χ3n) is 6.29. The minimum absolute atomic E-state index is 0.806. The molecule has 0 fully saturated rings. The Kier molecular flexibility index (Phi) is 3.58. The smallest absolute Gasteiger partial charge is 0.178 e. The molecule has 0 aliphatic heterocycles. The van der Waals surface area contributed by atoms with Gasteiger partial charge in [0.15, 0.2) is 11.2 Å². The lowest BCUT2D eigenvalue weighted by Crippen LogP contribution is -1.77. The third kappa shape index (κ3) is 2.53. The largest absolute Gasteiger partial charge is 0.452 e. The number of furan rings is 2. The zero-order valence-corrected chi connectivity index (χ0v) is 17.2. The summed E-state index contributed by atoms with van der Waals surface area (Å²) in [5.74, 6) is 0. The molecule has 0 spiro atoms. The van der Waals surface area contributed by atoms with Gasteiger partial charge in [-0.25, -0.2) is 0 Å². The second-order valence-electron chi connectivity index (χ2n) is 8.18. The molecule has 0 aliphatic rings. The lowest BCUT2D eigenvalue weighted by atomic mass is 10.0. The van der Waals surface area contributed by atoms with Gasteiger partial charge in [0.05, 0.1) is 0 Å². The molecule has 0 saturated heterocycles. The molecule has 2 nitrogen and oxygen atoms in total. The predicted octanol–water partition coefficient (Wildman–Crippen LogP) is 8.82. The maximum Gasteiger partial charge on any atom is 0.178 e. The highest BCUT2D eigenvalue weighted by Gasteiger charge is 2.16. The summed E-state index contributed by atoms with van der Waals surface area (Å²) >= 11 is 0. The van der Waals surface area contributed by atoms with Gasteiger partial charge in [-0.05, 0) is 58.7 Å². The van der Waals surface area contributed by atoms with Crippen LogP contribution in [-0.4, -0.2) is 0 Å². The minimum Gasteiger partial charge on any atom is -0.452 e. The van der Waals surface area contributed by atoms with Crippen molar-refractivity contribution < 1.29 is 8.83 Å². The van der Waals surface area contributed by atoms with E-state index in [1.54, 1.807) is 0 Å². The quantitative estimate of drug-likeness (QED) is 0.284. The zero-order chi connectivity index (χ0) is 21.1. The van der Waals surface area contributed by atoms with Gasteiger partial charge in [0.2, 0.25) is 0 Å². The summed E-state index contributed by atoms with van der Waals surface area (Å²) in [5, 5.41) is 4.36. The average molecular weight is 410 g/mol. The molecule has 0 aliphatic carbocycles. The maximum absolute atomic E-state index is 6.31.